The van der Waals surface area contributed by atoms with Crippen LogP contribution in [0, 0.1) is 0 Å². The van der Waals surface area contributed by atoms with E-state index in [1.165, 1.54) is 6.42 Å². The second-order valence-corrected chi connectivity index (χ2v) is 10.7. The van der Waals surface area contributed by atoms with Crippen LogP contribution in [0.5, 0.6) is 0 Å². The fourth-order valence-electron chi connectivity index (χ4n) is 3.14. The van der Waals surface area contributed by atoms with Crippen LogP contribution in [0.4, 0.5) is 0 Å². The van der Waals surface area contributed by atoms with Gasteiger partial charge in [0.2, 0.25) is 0 Å². The molecule has 1 heteroatoms. The van der Waals surface area contributed by atoms with Crippen molar-refractivity contribution in [3.05, 3.63) is 66.2 Å². The molecule has 1 fully saturated rings. The van der Waals surface area contributed by atoms with Crippen LogP contribution in [0.3, 0.4) is 0 Å². The number of hydrogen-bond donors (Lipinski definition) is 0. The molecule has 1 aliphatic rings. The summed E-state index contributed by atoms with van der Waals surface area (Å²) >= 11 is 0. The van der Waals surface area contributed by atoms with Gasteiger partial charge in [-0.2, -0.15) is 0 Å². The molecule has 0 unspecified atom stereocenters. The highest BCUT2D eigenvalue weighted by Crippen LogP contribution is 2.57. The summed E-state index contributed by atoms with van der Waals surface area (Å²) in [7, 11) is -1.29. The molecule has 0 amide bonds. The first kappa shape index (κ1) is 11.7. The summed E-state index contributed by atoms with van der Waals surface area (Å²) in [6.45, 7) is 5.05. The highest BCUT2D eigenvalue weighted by molar-refractivity contribution is 6.91. The van der Waals surface area contributed by atoms with Crippen LogP contribution in [0.1, 0.15) is 17.9 Å². The van der Waals surface area contributed by atoms with Crippen LogP contribution in [0.25, 0.3) is 0 Å². The van der Waals surface area contributed by atoms with E-state index in [9.17, 15) is 0 Å². The third-order valence-electron chi connectivity index (χ3n) is 4.46. The van der Waals surface area contributed by atoms with Crippen LogP contribution in [-0.4, -0.2) is 8.07 Å². The highest BCUT2D eigenvalue weighted by Gasteiger charge is 2.49. The fraction of sp³-hybridized carbons (Fsp3) is 0.294. The monoisotopic (exact) mass is 252 g/mol. The molecule has 0 aromatic heterocycles. The molecule has 0 spiro atoms. The van der Waals surface area contributed by atoms with Crippen molar-refractivity contribution < 1.29 is 0 Å². The normalized spacial score (nSPS) is 22.8. The van der Waals surface area contributed by atoms with Crippen molar-refractivity contribution in [2.75, 3.05) is 0 Å². The highest BCUT2D eigenvalue weighted by atomic mass is 28.3. The van der Waals surface area contributed by atoms with Gasteiger partial charge in [-0.3, -0.25) is 0 Å². The van der Waals surface area contributed by atoms with E-state index in [0.717, 1.165) is 11.5 Å². The third kappa shape index (κ3) is 2.03. The van der Waals surface area contributed by atoms with Crippen molar-refractivity contribution in [3.8, 4) is 0 Å². The van der Waals surface area contributed by atoms with Crippen molar-refractivity contribution in [2.24, 2.45) is 0 Å². The largest absolute Gasteiger partial charge is 0.0843 e. The molecule has 92 valence electrons. The van der Waals surface area contributed by atoms with Crippen molar-refractivity contribution in [3.63, 3.8) is 0 Å². The molecule has 0 aliphatic heterocycles. The van der Waals surface area contributed by atoms with Gasteiger partial charge in [-0.25, -0.2) is 0 Å². The average Bonchev–Trinajstić information content (AvgIpc) is 3.22. The first-order valence-electron chi connectivity index (χ1n) is 6.80. The van der Waals surface area contributed by atoms with Gasteiger partial charge in [-0.15, -0.1) is 0 Å². The zero-order chi connectivity index (χ0) is 12.6. The molecule has 1 aliphatic carbocycles. The van der Waals surface area contributed by atoms with Gasteiger partial charge in [0.1, 0.15) is 0 Å². The number of hydrogen-bond acceptors (Lipinski definition) is 0. The van der Waals surface area contributed by atoms with Gasteiger partial charge in [0.25, 0.3) is 0 Å². The maximum atomic E-state index is 2.52. The summed E-state index contributed by atoms with van der Waals surface area (Å²) in [5.41, 5.74) is 2.46. The van der Waals surface area contributed by atoms with Gasteiger partial charge in [-0.05, 0) is 23.4 Å². The van der Waals surface area contributed by atoms with E-state index in [1.807, 2.05) is 0 Å². The van der Waals surface area contributed by atoms with Gasteiger partial charge in [0, 0.05) is 0 Å². The smallest absolute Gasteiger partial charge is 0.0652 e. The predicted octanol–water partition coefficient (Wildman–Crippen LogP) is 4.16. The molecular weight excluding hydrogens is 232 g/mol. The summed E-state index contributed by atoms with van der Waals surface area (Å²) in [5, 5.41) is 1.61. The molecule has 18 heavy (non-hydrogen) atoms. The van der Waals surface area contributed by atoms with Crippen LogP contribution >= 0.6 is 0 Å². The third-order valence-corrected chi connectivity index (χ3v) is 8.78. The standard InChI is InChI=1S/C17H20Si/c1-18(2,15-11-7-4-8-12-15)17-13-16(17)14-9-5-3-6-10-14/h3-12,16-17H,13H2,1-2H3/t16-,17+/m1/s1. The minimum absolute atomic E-state index is 0.813. The molecule has 0 radical (unpaired) electrons. The van der Waals surface area contributed by atoms with Gasteiger partial charge in [0.05, 0.1) is 8.07 Å². The van der Waals surface area contributed by atoms with Crippen LogP contribution in [0.2, 0.25) is 18.6 Å². The zero-order valence-corrected chi connectivity index (χ0v) is 12.1. The molecule has 2 aromatic carbocycles. The lowest BCUT2D eigenvalue weighted by atomic mass is 10.1. The summed E-state index contributed by atoms with van der Waals surface area (Å²) in [4.78, 5) is 0. The van der Waals surface area contributed by atoms with Gasteiger partial charge in [0.15, 0.2) is 0 Å². The fourth-order valence-corrected chi connectivity index (χ4v) is 6.66. The summed E-state index contributed by atoms with van der Waals surface area (Å²) < 4.78 is 0. The minimum atomic E-state index is -1.29. The first-order valence-corrected chi connectivity index (χ1v) is 9.88. The Morgan fingerprint density at radius 1 is 0.833 bits per heavy atom. The Morgan fingerprint density at radius 2 is 1.39 bits per heavy atom. The Bertz CT molecular complexity index is 516. The Hall–Kier alpha value is -1.34. The van der Waals surface area contributed by atoms with Crippen LogP contribution in [0.15, 0.2) is 60.7 Å². The van der Waals surface area contributed by atoms with E-state index in [-0.39, 0.29) is 0 Å². The molecule has 2 atom stereocenters. The topological polar surface area (TPSA) is 0 Å². The van der Waals surface area contributed by atoms with Gasteiger partial charge < -0.3 is 0 Å². The maximum Gasteiger partial charge on any atom is 0.0843 e. The van der Waals surface area contributed by atoms with E-state index in [0.29, 0.717) is 0 Å². The maximum absolute atomic E-state index is 2.52. The molecule has 0 bridgehead atoms. The van der Waals surface area contributed by atoms with Gasteiger partial charge in [-0.1, -0.05) is 78.9 Å². The SMILES string of the molecule is C[Si](C)(c1ccccc1)[C@H]1C[C@@H]1c1ccccc1. The predicted molar refractivity (Wildman–Crippen MR) is 81.1 cm³/mol. The first-order chi connectivity index (χ1) is 8.69. The lowest BCUT2D eigenvalue weighted by Gasteiger charge is -2.23. The van der Waals surface area contributed by atoms with Crippen molar-refractivity contribution in [2.45, 2.75) is 31.0 Å². The van der Waals surface area contributed by atoms with E-state index in [4.69, 9.17) is 0 Å². The molecule has 0 nitrogen and oxygen atoms in total. The number of rotatable bonds is 3. The zero-order valence-electron chi connectivity index (χ0n) is 11.1. The molecule has 0 heterocycles. The van der Waals surface area contributed by atoms with Crippen molar-refractivity contribution in [1.29, 1.82) is 0 Å². The Balaban J connectivity index is 1.82. The minimum Gasteiger partial charge on any atom is -0.0652 e. The molecule has 0 saturated heterocycles. The Morgan fingerprint density at radius 3 is 2.00 bits per heavy atom. The lowest BCUT2D eigenvalue weighted by molar-refractivity contribution is 1.11. The Kier molecular flexibility index (Phi) is 2.87. The molecular formula is C17H20Si. The second-order valence-electron chi connectivity index (χ2n) is 5.95. The Labute approximate surface area is 111 Å². The molecule has 3 rings (SSSR count). The van der Waals surface area contributed by atoms with Crippen LogP contribution < -0.4 is 5.19 Å². The number of benzene rings is 2. The van der Waals surface area contributed by atoms with Crippen molar-refractivity contribution in [1.82, 2.24) is 0 Å². The van der Waals surface area contributed by atoms with E-state index in [2.05, 4.69) is 73.8 Å². The van der Waals surface area contributed by atoms with Crippen molar-refractivity contribution >= 4 is 13.3 Å². The summed E-state index contributed by atoms with van der Waals surface area (Å²) in [6.07, 6.45) is 1.39. The quantitative estimate of drug-likeness (QED) is 0.720. The summed E-state index contributed by atoms with van der Waals surface area (Å²) in [6, 6.07) is 22.2. The van der Waals surface area contributed by atoms with E-state index >= 15 is 0 Å². The molecule has 1 saturated carbocycles. The summed E-state index contributed by atoms with van der Waals surface area (Å²) in [5.74, 6) is 0.813. The molecule has 0 N–H and O–H groups in total. The second kappa shape index (κ2) is 4.40. The average molecular weight is 252 g/mol. The van der Waals surface area contributed by atoms with Gasteiger partial charge >= 0.3 is 0 Å². The molecule has 2 aromatic rings. The van der Waals surface area contributed by atoms with E-state index < -0.39 is 8.07 Å². The van der Waals surface area contributed by atoms with Crippen LogP contribution in [-0.2, 0) is 0 Å². The van der Waals surface area contributed by atoms with E-state index in [1.54, 1.807) is 10.8 Å². The lowest BCUT2D eigenvalue weighted by Crippen LogP contribution is -2.42.